The molecule has 0 saturated carbocycles. The van der Waals surface area contributed by atoms with E-state index in [9.17, 15) is 9.59 Å². The van der Waals surface area contributed by atoms with E-state index in [1.807, 2.05) is 31.2 Å². The first-order chi connectivity index (χ1) is 13.1. The first-order valence-corrected chi connectivity index (χ1v) is 9.75. The normalized spacial score (nSPS) is 16.6. The van der Waals surface area contributed by atoms with Crippen molar-refractivity contribution in [1.29, 1.82) is 0 Å². The number of benzene rings is 1. The van der Waals surface area contributed by atoms with Gasteiger partial charge in [0.15, 0.2) is 0 Å². The zero-order valence-electron chi connectivity index (χ0n) is 16.5. The topological polar surface area (TPSA) is 76.7 Å². The van der Waals surface area contributed by atoms with E-state index >= 15 is 0 Å². The third kappa shape index (κ3) is 5.74. The summed E-state index contributed by atoms with van der Waals surface area (Å²) in [6.07, 6.45) is 5.00. The van der Waals surface area contributed by atoms with Gasteiger partial charge in [0.25, 0.3) is 0 Å². The van der Waals surface area contributed by atoms with Crippen molar-refractivity contribution in [3.63, 3.8) is 0 Å². The Morgan fingerprint density at radius 2 is 1.85 bits per heavy atom. The van der Waals surface area contributed by atoms with Crippen molar-refractivity contribution in [2.75, 3.05) is 13.2 Å². The van der Waals surface area contributed by atoms with E-state index in [0.717, 1.165) is 37.7 Å². The largest absolute Gasteiger partial charge is 0.493 e. The van der Waals surface area contributed by atoms with Gasteiger partial charge in [0.1, 0.15) is 5.75 Å². The fourth-order valence-electron chi connectivity index (χ4n) is 3.03. The SMILES string of the molecule is CCCCCCOC(=O)C1=C(C)NC(=O)N[C@H]1c1ccccc1OCCC. The Balaban J connectivity index is 2.22. The molecule has 2 rings (SSSR count). The van der Waals surface area contributed by atoms with E-state index in [-0.39, 0.29) is 6.03 Å². The molecule has 0 fully saturated rings. The van der Waals surface area contributed by atoms with Crippen molar-refractivity contribution in [1.82, 2.24) is 10.6 Å². The number of ether oxygens (including phenoxy) is 2. The molecule has 0 spiro atoms. The molecule has 1 heterocycles. The van der Waals surface area contributed by atoms with Crippen LogP contribution >= 0.6 is 0 Å². The molecule has 1 aliphatic rings. The molecule has 0 bridgehead atoms. The van der Waals surface area contributed by atoms with Gasteiger partial charge < -0.3 is 20.1 Å². The van der Waals surface area contributed by atoms with Gasteiger partial charge in [-0.05, 0) is 25.8 Å². The van der Waals surface area contributed by atoms with Gasteiger partial charge in [-0.25, -0.2) is 9.59 Å². The highest BCUT2D eigenvalue weighted by Crippen LogP contribution is 2.33. The minimum atomic E-state index is -0.602. The van der Waals surface area contributed by atoms with Gasteiger partial charge in [-0.3, -0.25) is 0 Å². The lowest BCUT2D eigenvalue weighted by molar-refractivity contribution is -0.139. The third-order valence-corrected chi connectivity index (χ3v) is 4.41. The summed E-state index contributed by atoms with van der Waals surface area (Å²) >= 11 is 0. The number of hydrogen-bond acceptors (Lipinski definition) is 4. The molecule has 0 aromatic heterocycles. The smallest absolute Gasteiger partial charge is 0.338 e. The Morgan fingerprint density at radius 3 is 2.59 bits per heavy atom. The Labute approximate surface area is 161 Å². The Bertz CT molecular complexity index is 685. The van der Waals surface area contributed by atoms with Gasteiger partial charge >= 0.3 is 12.0 Å². The van der Waals surface area contributed by atoms with Gasteiger partial charge in [0.2, 0.25) is 0 Å². The van der Waals surface area contributed by atoms with Crippen molar-refractivity contribution < 1.29 is 19.1 Å². The van der Waals surface area contributed by atoms with Gasteiger partial charge in [-0.1, -0.05) is 51.3 Å². The second-order valence-corrected chi connectivity index (χ2v) is 6.65. The number of unbranched alkanes of at least 4 members (excludes halogenated alkanes) is 3. The predicted octanol–water partition coefficient (Wildman–Crippen LogP) is 4.23. The molecule has 0 saturated heterocycles. The third-order valence-electron chi connectivity index (χ3n) is 4.41. The van der Waals surface area contributed by atoms with Crippen molar-refractivity contribution in [3.8, 4) is 5.75 Å². The molecule has 6 heteroatoms. The molecule has 0 aliphatic carbocycles. The van der Waals surface area contributed by atoms with Crippen LogP contribution in [0.5, 0.6) is 5.75 Å². The van der Waals surface area contributed by atoms with Gasteiger partial charge in [0, 0.05) is 11.3 Å². The number of esters is 1. The van der Waals surface area contributed by atoms with Crippen LogP contribution in [-0.4, -0.2) is 25.2 Å². The Kier molecular flexibility index (Phi) is 8.17. The molecule has 0 unspecified atom stereocenters. The molecule has 1 aliphatic heterocycles. The summed E-state index contributed by atoms with van der Waals surface area (Å²) in [4.78, 5) is 24.8. The summed E-state index contributed by atoms with van der Waals surface area (Å²) in [6.45, 7) is 6.83. The zero-order valence-corrected chi connectivity index (χ0v) is 16.5. The minimum Gasteiger partial charge on any atom is -0.493 e. The molecule has 2 amide bonds. The maximum Gasteiger partial charge on any atom is 0.338 e. The second-order valence-electron chi connectivity index (χ2n) is 6.65. The lowest BCUT2D eigenvalue weighted by atomic mass is 9.95. The summed E-state index contributed by atoms with van der Waals surface area (Å²) in [6, 6.07) is 6.51. The average Bonchev–Trinajstić information content (AvgIpc) is 2.65. The standard InChI is InChI=1S/C21H30N2O4/c1-4-6-7-10-14-27-20(24)18-15(3)22-21(25)23-19(18)16-11-8-9-12-17(16)26-13-5-2/h8-9,11-12,19H,4-7,10,13-14H2,1-3H3,(H2,22,23,25)/t19-/m0/s1. The maximum absolute atomic E-state index is 12.7. The van der Waals surface area contributed by atoms with E-state index in [4.69, 9.17) is 9.47 Å². The molecule has 6 nitrogen and oxygen atoms in total. The number of urea groups is 1. The van der Waals surface area contributed by atoms with Crippen LogP contribution in [0.3, 0.4) is 0 Å². The quantitative estimate of drug-likeness (QED) is 0.475. The highest BCUT2D eigenvalue weighted by Gasteiger charge is 2.33. The first kappa shape index (κ1) is 20.8. The summed E-state index contributed by atoms with van der Waals surface area (Å²) in [5, 5.41) is 5.50. The summed E-state index contributed by atoms with van der Waals surface area (Å²) < 4.78 is 11.3. The number of allylic oxidation sites excluding steroid dienone is 1. The van der Waals surface area contributed by atoms with Crippen molar-refractivity contribution in [3.05, 3.63) is 41.1 Å². The fraction of sp³-hybridized carbons (Fsp3) is 0.524. The lowest BCUT2D eigenvalue weighted by Crippen LogP contribution is -2.45. The van der Waals surface area contributed by atoms with Crippen LogP contribution in [0.4, 0.5) is 4.79 Å². The molecule has 2 N–H and O–H groups in total. The highest BCUT2D eigenvalue weighted by atomic mass is 16.5. The molecule has 1 atom stereocenters. The van der Waals surface area contributed by atoms with E-state index in [1.165, 1.54) is 0 Å². The minimum absolute atomic E-state index is 0.345. The summed E-state index contributed by atoms with van der Waals surface area (Å²) in [7, 11) is 0. The van der Waals surface area contributed by atoms with Crippen LogP contribution in [0.15, 0.2) is 35.5 Å². The molecule has 27 heavy (non-hydrogen) atoms. The van der Waals surface area contributed by atoms with Crippen molar-refractivity contribution in [2.45, 2.75) is 58.9 Å². The highest BCUT2D eigenvalue weighted by molar-refractivity contribution is 5.95. The van der Waals surface area contributed by atoms with E-state index in [0.29, 0.717) is 30.2 Å². The van der Waals surface area contributed by atoms with Gasteiger partial charge in [-0.2, -0.15) is 0 Å². The van der Waals surface area contributed by atoms with Crippen LogP contribution < -0.4 is 15.4 Å². The Morgan fingerprint density at radius 1 is 1.07 bits per heavy atom. The number of hydrogen-bond donors (Lipinski definition) is 2. The number of amides is 2. The lowest BCUT2D eigenvalue weighted by Gasteiger charge is -2.29. The average molecular weight is 374 g/mol. The number of nitrogens with one attached hydrogen (secondary N) is 2. The Hall–Kier alpha value is -2.50. The number of para-hydroxylation sites is 1. The zero-order chi connectivity index (χ0) is 19.6. The van der Waals surface area contributed by atoms with E-state index < -0.39 is 12.0 Å². The molecule has 1 aromatic carbocycles. The monoisotopic (exact) mass is 374 g/mol. The van der Waals surface area contributed by atoms with E-state index in [1.54, 1.807) is 6.92 Å². The maximum atomic E-state index is 12.7. The summed E-state index contributed by atoms with van der Waals surface area (Å²) in [5.74, 6) is 0.249. The van der Waals surface area contributed by atoms with Gasteiger partial charge in [0.05, 0.1) is 24.8 Å². The molecule has 1 aromatic rings. The van der Waals surface area contributed by atoms with Crippen LogP contribution in [0.2, 0.25) is 0 Å². The second kappa shape index (κ2) is 10.6. The van der Waals surface area contributed by atoms with Crippen molar-refractivity contribution in [2.24, 2.45) is 0 Å². The van der Waals surface area contributed by atoms with Crippen molar-refractivity contribution >= 4 is 12.0 Å². The first-order valence-electron chi connectivity index (χ1n) is 9.75. The van der Waals surface area contributed by atoms with Crippen LogP contribution in [0, 0.1) is 0 Å². The van der Waals surface area contributed by atoms with Crippen LogP contribution in [0.25, 0.3) is 0 Å². The van der Waals surface area contributed by atoms with Crippen LogP contribution in [0.1, 0.15) is 64.5 Å². The summed E-state index contributed by atoms with van der Waals surface area (Å²) in [5.41, 5.74) is 1.67. The number of carbonyl (C=O) groups is 2. The molecular weight excluding hydrogens is 344 g/mol. The number of rotatable bonds is 10. The predicted molar refractivity (Wildman–Crippen MR) is 104 cm³/mol. The van der Waals surface area contributed by atoms with Gasteiger partial charge in [-0.15, -0.1) is 0 Å². The number of carbonyl (C=O) groups excluding carboxylic acids is 2. The van der Waals surface area contributed by atoms with Crippen LogP contribution in [-0.2, 0) is 9.53 Å². The molecule has 0 radical (unpaired) electrons. The fourth-order valence-corrected chi connectivity index (χ4v) is 3.03. The molecule has 148 valence electrons. The van der Waals surface area contributed by atoms with E-state index in [2.05, 4.69) is 17.6 Å². The molecular formula is C21H30N2O4.